The summed E-state index contributed by atoms with van der Waals surface area (Å²) < 4.78 is 0.951. The Bertz CT molecular complexity index is 112. The smallest absolute Gasteiger partial charge is 0.123 e. The standard InChI is InChI=1S/C3H2IN2/c4-3-1-5-2-6-3/h2H,(H,5,6). The van der Waals surface area contributed by atoms with E-state index in [0.29, 0.717) is 0 Å². The van der Waals surface area contributed by atoms with Crippen molar-refractivity contribution in [3.63, 3.8) is 0 Å². The fourth-order valence-electron chi connectivity index (χ4n) is 0.210. The number of aromatic amines is 1. The molecule has 1 N–H and O–H groups in total. The van der Waals surface area contributed by atoms with E-state index in [1.165, 1.54) is 0 Å². The van der Waals surface area contributed by atoms with Gasteiger partial charge in [0.1, 0.15) is 9.90 Å². The summed E-state index contributed by atoms with van der Waals surface area (Å²) in [6, 6.07) is 0. The van der Waals surface area contributed by atoms with Crippen LogP contribution in [0.3, 0.4) is 0 Å². The van der Waals surface area contributed by atoms with E-state index in [0.717, 1.165) is 3.70 Å². The van der Waals surface area contributed by atoms with Crippen molar-refractivity contribution in [3.8, 4) is 0 Å². The fraction of sp³-hybridized carbons (Fsp3) is 0. The maximum absolute atomic E-state index is 3.63. The van der Waals surface area contributed by atoms with Gasteiger partial charge in [0.15, 0.2) is 0 Å². The molecule has 1 radical (unpaired) electrons. The largest absolute Gasteiger partial charge is 0.339 e. The number of aromatic nitrogens is 2. The summed E-state index contributed by atoms with van der Waals surface area (Å²) in [5.41, 5.74) is 0. The Kier molecular flexibility index (Phi) is 1.09. The normalized spacial score (nSPS) is 8.83. The van der Waals surface area contributed by atoms with Gasteiger partial charge in [-0.2, -0.15) is 0 Å². The molecule has 0 aliphatic carbocycles. The van der Waals surface area contributed by atoms with Crippen LogP contribution in [0, 0.1) is 9.90 Å². The topological polar surface area (TPSA) is 28.7 Å². The highest BCUT2D eigenvalue weighted by Crippen LogP contribution is 1.91. The van der Waals surface area contributed by atoms with E-state index in [-0.39, 0.29) is 0 Å². The molecule has 6 heavy (non-hydrogen) atoms. The highest BCUT2D eigenvalue weighted by atomic mass is 127. The van der Waals surface area contributed by atoms with Gasteiger partial charge in [0.25, 0.3) is 0 Å². The molecule has 3 heteroatoms. The second kappa shape index (κ2) is 1.59. The summed E-state index contributed by atoms with van der Waals surface area (Å²) in [5.74, 6) is 0. The van der Waals surface area contributed by atoms with Crippen molar-refractivity contribution in [1.82, 2.24) is 9.97 Å². The van der Waals surface area contributed by atoms with Crippen LogP contribution in [0.2, 0.25) is 0 Å². The molecule has 1 aromatic rings. The van der Waals surface area contributed by atoms with Crippen LogP contribution in [0.5, 0.6) is 0 Å². The molecule has 31 valence electrons. The van der Waals surface area contributed by atoms with Crippen LogP contribution >= 0.6 is 22.6 Å². The zero-order valence-corrected chi connectivity index (χ0v) is 5.06. The van der Waals surface area contributed by atoms with E-state index in [1.54, 1.807) is 6.33 Å². The van der Waals surface area contributed by atoms with E-state index in [1.807, 2.05) is 0 Å². The monoisotopic (exact) mass is 193 g/mol. The first kappa shape index (κ1) is 4.11. The third-order valence-corrected chi connectivity index (χ3v) is 0.971. The van der Waals surface area contributed by atoms with Crippen molar-refractivity contribution in [2.45, 2.75) is 0 Å². The average Bonchev–Trinajstić information content (AvgIpc) is 1.86. The molecular formula is C3H2IN2. The first-order valence-electron chi connectivity index (χ1n) is 1.46. The third kappa shape index (κ3) is 0.707. The zero-order chi connectivity index (χ0) is 4.41. The molecule has 1 rings (SSSR count). The third-order valence-electron chi connectivity index (χ3n) is 0.419. The Hall–Kier alpha value is -0.0600. The molecule has 1 heterocycles. The van der Waals surface area contributed by atoms with Crippen LogP contribution in [0.4, 0.5) is 0 Å². The number of nitrogens with zero attached hydrogens (tertiary/aromatic N) is 1. The van der Waals surface area contributed by atoms with Gasteiger partial charge >= 0.3 is 0 Å². The Labute approximate surface area is 49.1 Å². The van der Waals surface area contributed by atoms with Crippen LogP contribution in [0.15, 0.2) is 6.33 Å². The number of H-pyrrole nitrogens is 1. The van der Waals surface area contributed by atoms with Crippen molar-refractivity contribution in [2.24, 2.45) is 0 Å². The van der Waals surface area contributed by atoms with Gasteiger partial charge in [0.05, 0.1) is 6.33 Å². The molecule has 0 fully saturated rings. The van der Waals surface area contributed by atoms with Crippen molar-refractivity contribution in [1.29, 1.82) is 0 Å². The SMILES string of the molecule is Ic1[c]nc[nH]1. The second-order valence-corrected chi connectivity index (χ2v) is 1.91. The van der Waals surface area contributed by atoms with Gasteiger partial charge in [-0.3, -0.25) is 0 Å². The van der Waals surface area contributed by atoms with Gasteiger partial charge in [0.2, 0.25) is 0 Å². The van der Waals surface area contributed by atoms with Gasteiger partial charge in [0, 0.05) is 0 Å². The zero-order valence-electron chi connectivity index (χ0n) is 2.90. The highest BCUT2D eigenvalue weighted by molar-refractivity contribution is 14.1. The number of hydrogen-bond donors (Lipinski definition) is 1. The van der Waals surface area contributed by atoms with Gasteiger partial charge in [-0.15, -0.1) is 0 Å². The lowest BCUT2D eigenvalue weighted by Crippen LogP contribution is -1.58. The summed E-state index contributed by atoms with van der Waals surface area (Å²) in [5, 5.41) is 0. The van der Waals surface area contributed by atoms with E-state index >= 15 is 0 Å². The summed E-state index contributed by atoms with van der Waals surface area (Å²) in [6.07, 6.45) is 4.28. The Morgan fingerprint density at radius 3 is 3.00 bits per heavy atom. The predicted molar refractivity (Wildman–Crippen MR) is 30.1 cm³/mol. The van der Waals surface area contributed by atoms with Crippen LogP contribution < -0.4 is 0 Å². The van der Waals surface area contributed by atoms with Crippen molar-refractivity contribution in [3.05, 3.63) is 16.2 Å². The van der Waals surface area contributed by atoms with Gasteiger partial charge in [-0.05, 0) is 22.6 Å². The average molecular weight is 193 g/mol. The van der Waals surface area contributed by atoms with Crippen molar-refractivity contribution < 1.29 is 0 Å². The Morgan fingerprint density at radius 1 is 2.00 bits per heavy atom. The minimum absolute atomic E-state index is 0.951. The molecule has 2 nitrogen and oxygen atoms in total. The van der Waals surface area contributed by atoms with Crippen LogP contribution in [-0.4, -0.2) is 9.97 Å². The molecule has 0 aliphatic rings. The van der Waals surface area contributed by atoms with E-state index in [9.17, 15) is 0 Å². The molecule has 0 spiro atoms. The van der Waals surface area contributed by atoms with Gasteiger partial charge in [-0.25, -0.2) is 4.98 Å². The minimum atomic E-state index is 0.951. The first-order valence-corrected chi connectivity index (χ1v) is 2.54. The predicted octanol–water partition coefficient (Wildman–Crippen LogP) is 0.814. The fourth-order valence-corrected chi connectivity index (χ4v) is 0.489. The lowest BCUT2D eigenvalue weighted by molar-refractivity contribution is 1.30. The first-order chi connectivity index (χ1) is 2.89. The molecule has 0 aromatic carbocycles. The number of rotatable bonds is 0. The van der Waals surface area contributed by atoms with Gasteiger partial charge < -0.3 is 4.98 Å². The molecule has 0 aliphatic heterocycles. The Balaban J connectivity index is 3.05. The molecule has 0 atom stereocenters. The van der Waals surface area contributed by atoms with E-state index in [2.05, 4.69) is 38.8 Å². The summed E-state index contributed by atoms with van der Waals surface area (Å²) in [4.78, 5) is 6.45. The number of hydrogen-bond acceptors (Lipinski definition) is 1. The van der Waals surface area contributed by atoms with Crippen LogP contribution in [-0.2, 0) is 0 Å². The van der Waals surface area contributed by atoms with Crippen molar-refractivity contribution >= 4 is 22.6 Å². The quantitative estimate of drug-likeness (QED) is 0.607. The summed E-state index contributed by atoms with van der Waals surface area (Å²) in [7, 11) is 0. The molecule has 0 bridgehead atoms. The molecule has 0 amide bonds. The maximum atomic E-state index is 3.63. The maximum Gasteiger partial charge on any atom is 0.123 e. The summed E-state index contributed by atoms with van der Waals surface area (Å²) in [6.45, 7) is 0. The minimum Gasteiger partial charge on any atom is -0.339 e. The second-order valence-electron chi connectivity index (χ2n) is 0.828. The van der Waals surface area contributed by atoms with Gasteiger partial charge in [-0.1, -0.05) is 0 Å². The van der Waals surface area contributed by atoms with E-state index in [4.69, 9.17) is 0 Å². The summed E-state index contributed by atoms with van der Waals surface area (Å²) >= 11 is 2.10. The lowest BCUT2D eigenvalue weighted by Gasteiger charge is -1.63. The molecule has 0 unspecified atom stereocenters. The van der Waals surface area contributed by atoms with Crippen LogP contribution in [0.1, 0.15) is 0 Å². The Morgan fingerprint density at radius 2 is 2.83 bits per heavy atom. The lowest BCUT2D eigenvalue weighted by atomic mass is 11.0. The molecule has 0 saturated heterocycles. The molecule has 0 saturated carbocycles. The molecular weight excluding hydrogens is 191 g/mol. The number of halogens is 1. The number of nitrogens with one attached hydrogen (secondary N) is 1. The van der Waals surface area contributed by atoms with Crippen LogP contribution in [0.25, 0.3) is 0 Å². The van der Waals surface area contributed by atoms with E-state index < -0.39 is 0 Å². The highest BCUT2D eigenvalue weighted by Gasteiger charge is 1.78. The molecule has 1 aromatic heterocycles. The van der Waals surface area contributed by atoms with Crippen molar-refractivity contribution in [2.75, 3.05) is 0 Å². The number of imidazole rings is 1.